The van der Waals surface area contributed by atoms with E-state index in [0.717, 1.165) is 33.9 Å². The Morgan fingerprint density at radius 3 is 2.58 bits per heavy atom. The number of likely N-dealkylation sites (N-methyl/N-ethyl adjacent to an activating group) is 1. The number of halogens is 1. The molecule has 2 heterocycles. The Morgan fingerprint density at radius 1 is 1.12 bits per heavy atom. The number of benzene rings is 2. The molecule has 0 aliphatic rings. The number of hydrogen-bond donors (Lipinski definition) is 0. The van der Waals surface area contributed by atoms with Gasteiger partial charge in [0.15, 0.2) is 5.13 Å². The van der Waals surface area contributed by atoms with Crippen molar-refractivity contribution in [3.8, 4) is 11.4 Å². The monoisotopic (exact) mass is 485 g/mol. The summed E-state index contributed by atoms with van der Waals surface area (Å²) in [5.74, 6) is 0.706. The van der Waals surface area contributed by atoms with Gasteiger partial charge < -0.3 is 9.64 Å². The number of amides is 1. The highest BCUT2D eigenvalue weighted by atomic mass is 35.5. The molecule has 0 radical (unpaired) electrons. The molecule has 174 valence electrons. The summed E-state index contributed by atoms with van der Waals surface area (Å²) in [4.78, 5) is 22.2. The fourth-order valence-electron chi connectivity index (χ4n) is 3.44. The smallest absolute Gasteiger partial charge is 0.263 e. The van der Waals surface area contributed by atoms with Crippen molar-refractivity contribution in [2.45, 2.75) is 13.8 Å². The van der Waals surface area contributed by atoms with Crippen LogP contribution in [0.2, 0.25) is 0 Å². The van der Waals surface area contributed by atoms with Crippen molar-refractivity contribution in [1.82, 2.24) is 19.7 Å². The van der Waals surface area contributed by atoms with Crippen LogP contribution >= 0.6 is 23.7 Å². The zero-order valence-electron chi connectivity index (χ0n) is 19.2. The Balaban J connectivity index is 0.00000306. The highest BCUT2D eigenvalue weighted by molar-refractivity contribution is 7.22. The molecule has 0 saturated carbocycles. The van der Waals surface area contributed by atoms with E-state index in [9.17, 15) is 4.79 Å². The van der Waals surface area contributed by atoms with E-state index in [-0.39, 0.29) is 18.3 Å². The van der Waals surface area contributed by atoms with Gasteiger partial charge in [0.1, 0.15) is 5.75 Å². The minimum Gasteiger partial charge on any atom is -0.494 e. The Labute approximate surface area is 204 Å². The van der Waals surface area contributed by atoms with Gasteiger partial charge >= 0.3 is 0 Å². The van der Waals surface area contributed by atoms with Gasteiger partial charge in [0, 0.05) is 13.1 Å². The average molecular weight is 486 g/mol. The minimum absolute atomic E-state index is 0. The van der Waals surface area contributed by atoms with Gasteiger partial charge in [-0.15, -0.1) is 12.4 Å². The van der Waals surface area contributed by atoms with Crippen molar-refractivity contribution in [3.63, 3.8) is 0 Å². The number of carbonyl (C=O) groups is 1. The lowest BCUT2D eigenvalue weighted by atomic mass is 10.2. The molecule has 0 fully saturated rings. The van der Waals surface area contributed by atoms with E-state index in [2.05, 4.69) is 10.00 Å². The van der Waals surface area contributed by atoms with E-state index in [1.807, 2.05) is 76.5 Å². The van der Waals surface area contributed by atoms with Crippen LogP contribution in [0.15, 0.2) is 54.7 Å². The maximum Gasteiger partial charge on any atom is 0.263 e. The second-order valence-electron chi connectivity index (χ2n) is 7.71. The maximum absolute atomic E-state index is 13.7. The maximum atomic E-state index is 13.7. The third kappa shape index (κ3) is 5.35. The standard InChI is InChI=1S/C24H27N5O2S.ClH/c1-5-31-19-11-12-21-22(15-19)32-24(26-21)28(14-13-27(3)4)23(30)20-16-25-29(17(20)2)18-9-7-6-8-10-18;/h6-12,15-16H,5,13-14H2,1-4H3;1H. The van der Waals surface area contributed by atoms with Gasteiger partial charge in [0.2, 0.25) is 0 Å². The predicted octanol–water partition coefficient (Wildman–Crippen LogP) is 4.82. The first-order valence-electron chi connectivity index (χ1n) is 10.6. The van der Waals surface area contributed by atoms with Crippen LogP contribution in [-0.4, -0.2) is 59.4 Å². The van der Waals surface area contributed by atoms with Gasteiger partial charge in [-0.2, -0.15) is 5.10 Å². The fraction of sp³-hybridized carbons (Fsp3) is 0.292. The summed E-state index contributed by atoms with van der Waals surface area (Å²) in [5, 5.41) is 5.15. The van der Waals surface area contributed by atoms with Crippen molar-refractivity contribution in [2.75, 3.05) is 38.7 Å². The van der Waals surface area contributed by atoms with Crippen LogP contribution in [0.4, 0.5) is 5.13 Å². The van der Waals surface area contributed by atoms with Crippen molar-refractivity contribution < 1.29 is 9.53 Å². The summed E-state index contributed by atoms with van der Waals surface area (Å²) in [5.41, 5.74) is 3.15. The van der Waals surface area contributed by atoms with Crippen LogP contribution in [0.5, 0.6) is 5.75 Å². The number of fused-ring (bicyclic) bond motifs is 1. The quantitative estimate of drug-likeness (QED) is 0.358. The zero-order chi connectivity index (χ0) is 22.7. The third-order valence-corrected chi connectivity index (χ3v) is 6.19. The minimum atomic E-state index is -0.101. The van der Waals surface area contributed by atoms with Crippen molar-refractivity contribution in [2.24, 2.45) is 0 Å². The average Bonchev–Trinajstić information content (AvgIpc) is 3.37. The topological polar surface area (TPSA) is 63.5 Å². The number of aromatic nitrogens is 3. The van der Waals surface area contributed by atoms with Crippen LogP contribution in [0.1, 0.15) is 23.0 Å². The lowest BCUT2D eigenvalue weighted by molar-refractivity contribution is 0.0984. The van der Waals surface area contributed by atoms with Crippen LogP contribution in [-0.2, 0) is 0 Å². The van der Waals surface area contributed by atoms with Gasteiger partial charge in [0.05, 0.1) is 40.0 Å². The number of carbonyl (C=O) groups excluding carboxylic acids is 1. The summed E-state index contributed by atoms with van der Waals surface area (Å²) in [6.07, 6.45) is 1.65. The highest BCUT2D eigenvalue weighted by Crippen LogP contribution is 2.32. The molecule has 7 nitrogen and oxygen atoms in total. The summed E-state index contributed by atoms with van der Waals surface area (Å²) in [6.45, 7) is 5.74. The van der Waals surface area contributed by atoms with Gasteiger partial charge in [-0.3, -0.25) is 9.69 Å². The van der Waals surface area contributed by atoms with Crippen molar-refractivity contribution in [1.29, 1.82) is 0 Å². The molecule has 2 aromatic heterocycles. The van der Waals surface area contributed by atoms with Crippen LogP contribution in [0.3, 0.4) is 0 Å². The molecule has 0 aliphatic carbocycles. The molecule has 0 saturated heterocycles. The first-order chi connectivity index (χ1) is 15.5. The Kier molecular flexibility index (Phi) is 8.07. The Bertz CT molecular complexity index is 1220. The van der Waals surface area contributed by atoms with E-state index >= 15 is 0 Å². The molecule has 0 aliphatic heterocycles. The van der Waals surface area contributed by atoms with Crippen molar-refractivity contribution >= 4 is 45.0 Å². The molecular formula is C24H28ClN5O2S. The molecule has 0 unspecified atom stereocenters. The molecule has 1 amide bonds. The largest absolute Gasteiger partial charge is 0.494 e. The second kappa shape index (κ2) is 10.8. The summed E-state index contributed by atoms with van der Waals surface area (Å²) < 4.78 is 8.41. The molecule has 0 atom stereocenters. The number of rotatable bonds is 8. The molecule has 0 N–H and O–H groups in total. The molecule has 4 rings (SSSR count). The number of thiazole rings is 1. The molecule has 0 bridgehead atoms. The second-order valence-corrected chi connectivity index (χ2v) is 8.72. The molecule has 2 aromatic carbocycles. The van der Waals surface area contributed by atoms with Gasteiger partial charge in [-0.05, 0) is 58.3 Å². The first-order valence-corrected chi connectivity index (χ1v) is 11.4. The van der Waals surface area contributed by atoms with E-state index in [1.54, 1.807) is 15.8 Å². The van der Waals surface area contributed by atoms with Gasteiger partial charge in [-0.25, -0.2) is 9.67 Å². The molecule has 0 spiro atoms. The lowest BCUT2D eigenvalue weighted by Gasteiger charge is -2.21. The Morgan fingerprint density at radius 2 is 1.88 bits per heavy atom. The van der Waals surface area contributed by atoms with E-state index < -0.39 is 0 Å². The lowest BCUT2D eigenvalue weighted by Crippen LogP contribution is -2.37. The number of ether oxygens (including phenoxy) is 1. The number of hydrogen-bond acceptors (Lipinski definition) is 6. The molecule has 4 aromatic rings. The van der Waals surface area contributed by atoms with Gasteiger partial charge in [0.25, 0.3) is 5.91 Å². The van der Waals surface area contributed by atoms with E-state index in [0.29, 0.717) is 23.8 Å². The summed E-state index contributed by atoms with van der Waals surface area (Å²) in [7, 11) is 3.99. The third-order valence-electron chi connectivity index (χ3n) is 5.15. The SMILES string of the molecule is CCOc1ccc2nc(N(CCN(C)C)C(=O)c3cnn(-c4ccccc4)c3C)sc2c1.Cl. The zero-order valence-corrected chi connectivity index (χ0v) is 20.8. The first kappa shape index (κ1) is 24.7. The number of anilines is 1. The van der Waals surface area contributed by atoms with Crippen LogP contribution in [0.25, 0.3) is 15.9 Å². The highest BCUT2D eigenvalue weighted by Gasteiger charge is 2.25. The van der Waals surface area contributed by atoms with E-state index in [4.69, 9.17) is 9.72 Å². The fourth-order valence-corrected chi connectivity index (χ4v) is 4.46. The molecule has 33 heavy (non-hydrogen) atoms. The van der Waals surface area contributed by atoms with Crippen molar-refractivity contribution in [3.05, 3.63) is 66.0 Å². The number of nitrogens with zero attached hydrogens (tertiary/aromatic N) is 5. The Hall–Kier alpha value is -2.94. The predicted molar refractivity (Wildman–Crippen MR) is 137 cm³/mol. The summed E-state index contributed by atoms with van der Waals surface area (Å²) >= 11 is 1.50. The van der Waals surface area contributed by atoms with E-state index in [1.165, 1.54) is 11.3 Å². The summed E-state index contributed by atoms with van der Waals surface area (Å²) in [6, 6.07) is 15.7. The van der Waals surface area contributed by atoms with Gasteiger partial charge in [-0.1, -0.05) is 29.5 Å². The van der Waals surface area contributed by atoms with Crippen LogP contribution < -0.4 is 9.64 Å². The molecule has 9 heteroatoms. The normalized spacial score (nSPS) is 10.9. The number of para-hydroxylation sites is 1. The van der Waals surface area contributed by atoms with Crippen LogP contribution in [0, 0.1) is 6.92 Å². The molecular weight excluding hydrogens is 458 g/mol.